The molecule has 1 heterocycles. The van der Waals surface area contributed by atoms with Crippen molar-refractivity contribution in [2.24, 2.45) is 5.73 Å². The van der Waals surface area contributed by atoms with Crippen LogP contribution in [0.2, 0.25) is 0 Å². The highest BCUT2D eigenvalue weighted by Crippen LogP contribution is 2.33. The topological polar surface area (TPSA) is 87.7 Å². The molecule has 126 valence electrons. The molecule has 0 aliphatic carbocycles. The molecule has 8 heteroatoms. The molecule has 24 heavy (non-hydrogen) atoms. The van der Waals surface area contributed by atoms with Crippen molar-refractivity contribution in [3.05, 3.63) is 51.6 Å². The fraction of sp³-hybridized carbons (Fsp3) is 0.0625. The largest absolute Gasteiger partial charge is 0.370 e. The molecule has 0 aliphatic rings. The maximum atomic E-state index is 7.43. The summed E-state index contributed by atoms with van der Waals surface area (Å²) >= 11 is 2.26. The lowest BCUT2D eigenvalue weighted by molar-refractivity contribution is 1.06. The van der Waals surface area contributed by atoms with Gasteiger partial charge < -0.3 is 11.1 Å². The van der Waals surface area contributed by atoms with Crippen LogP contribution in [0.5, 0.6) is 0 Å². The van der Waals surface area contributed by atoms with Crippen molar-refractivity contribution < 1.29 is 0 Å². The second kappa shape index (κ2) is 8.46. The van der Waals surface area contributed by atoms with E-state index in [2.05, 4.69) is 51.1 Å². The van der Waals surface area contributed by atoms with Gasteiger partial charge in [-0.05, 0) is 41.1 Å². The molecule has 0 saturated carbocycles. The number of halogens is 3. The fourth-order valence-corrected chi connectivity index (χ4v) is 3.17. The van der Waals surface area contributed by atoms with Crippen molar-refractivity contribution >= 4 is 70.0 Å². The van der Waals surface area contributed by atoms with Gasteiger partial charge in [-0.25, -0.2) is 0 Å². The first-order valence-electron chi connectivity index (χ1n) is 6.70. The highest BCUT2D eigenvalue weighted by atomic mass is 127. The number of aromatic nitrogens is 2. The minimum atomic E-state index is -0.154. The molecule has 0 amide bonds. The Labute approximate surface area is 165 Å². The van der Waals surface area contributed by atoms with E-state index >= 15 is 0 Å². The fourth-order valence-electron chi connectivity index (χ4n) is 2.42. The van der Waals surface area contributed by atoms with Crippen LogP contribution in [0.3, 0.4) is 0 Å². The van der Waals surface area contributed by atoms with E-state index in [1.54, 1.807) is 0 Å². The summed E-state index contributed by atoms with van der Waals surface area (Å²) in [6.45, 7) is 2.05. The van der Waals surface area contributed by atoms with E-state index in [0.29, 0.717) is 5.82 Å². The zero-order valence-electron chi connectivity index (χ0n) is 12.7. The first-order chi connectivity index (χ1) is 10.6. The van der Waals surface area contributed by atoms with Gasteiger partial charge in [0.25, 0.3) is 0 Å². The molecular formula is C16H16Cl2IN5. The van der Waals surface area contributed by atoms with Gasteiger partial charge in [-0.3, -0.25) is 5.41 Å². The SMILES string of the molecule is Cc1ccccc1-c1nnc(NC(=N)N)c2c(I)cccc12.Cl.Cl. The molecule has 0 atom stereocenters. The molecule has 0 aliphatic heterocycles. The molecule has 0 unspecified atom stereocenters. The number of aryl methyl sites for hydroxylation is 1. The van der Waals surface area contributed by atoms with Crippen LogP contribution in [0.15, 0.2) is 42.5 Å². The summed E-state index contributed by atoms with van der Waals surface area (Å²) in [5.74, 6) is 0.351. The van der Waals surface area contributed by atoms with Gasteiger partial charge in [0.2, 0.25) is 0 Å². The Kier molecular flexibility index (Phi) is 7.19. The summed E-state index contributed by atoms with van der Waals surface area (Å²) in [7, 11) is 0. The van der Waals surface area contributed by atoms with E-state index in [4.69, 9.17) is 11.1 Å². The molecular weight excluding hydrogens is 460 g/mol. The zero-order chi connectivity index (χ0) is 15.7. The molecule has 5 nitrogen and oxygen atoms in total. The lowest BCUT2D eigenvalue weighted by Crippen LogP contribution is -2.21. The number of nitrogens with one attached hydrogen (secondary N) is 2. The van der Waals surface area contributed by atoms with Crippen molar-refractivity contribution in [1.82, 2.24) is 10.2 Å². The van der Waals surface area contributed by atoms with E-state index in [9.17, 15) is 0 Å². The van der Waals surface area contributed by atoms with Gasteiger partial charge in [-0.1, -0.05) is 36.4 Å². The lowest BCUT2D eigenvalue weighted by atomic mass is 10.0. The van der Waals surface area contributed by atoms with Gasteiger partial charge in [-0.2, -0.15) is 0 Å². The summed E-state index contributed by atoms with van der Waals surface area (Å²) in [6.07, 6.45) is 0. The van der Waals surface area contributed by atoms with Crippen molar-refractivity contribution in [2.75, 3.05) is 5.32 Å². The Morgan fingerprint density at radius 2 is 1.79 bits per heavy atom. The van der Waals surface area contributed by atoms with Crippen LogP contribution >= 0.6 is 47.4 Å². The number of fused-ring (bicyclic) bond motifs is 1. The highest BCUT2D eigenvalue weighted by molar-refractivity contribution is 14.1. The summed E-state index contributed by atoms with van der Waals surface area (Å²) in [6, 6.07) is 14.1. The van der Waals surface area contributed by atoms with E-state index in [0.717, 1.165) is 31.2 Å². The maximum Gasteiger partial charge on any atom is 0.191 e. The second-order valence-electron chi connectivity index (χ2n) is 4.91. The molecule has 2 aromatic carbocycles. The van der Waals surface area contributed by atoms with Gasteiger partial charge in [0, 0.05) is 19.9 Å². The first-order valence-corrected chi connectivity index (χ1v) is 7.77. The molecule has 0 fully saturated rings. The number of rotatable bonds is 2. The molecule has 0 bridgehead atoms. The van der Waals surface area contributed by atoms with E-state index < -0.39 is 0 Å². The summed E-state index contributed by atoms with van der Waals surface area (Å²) in [5, 5.41) is 20.7. The number of hydrogen-bond acceptors (Lipinski definition) is 3. The third kappa shape index (κ3) is 3.88. The Bertz CT molecular complexity index is 885. The molecule has 3 rings (SSSR count). The van der Waals surface area contributed by atoms with Gasteiger partial charge in [0.1, 0.15) is 5.69 Å². The van der Waals surface area contributed by atoms with E-state index in [-0.39, 0.29) is 30.8 Å². The van der Waals surface area contributed by atoms with Crippen LogP contribution in [0.4, 0.5) is 5.82 Å². The van der Waals surface area contributed by atoms with Crippen molar-refractivity contribution in [3.8, 4) is 11.3 Å². The smallest absolute Gasteiger partial charge is 0.191 e. The molecule has 1 aromatic heterocycles. The van der Waals surface area contributed by atoms with Crippen LogP contribution < -0.4 is 11.1 Å². The standard InChI is InChI=1S/C16H14IN5.2ClH/c1-9-5-2-3-6-10(9)14-11-7-4-8-12(17)13(11)15(22-21-14)20-16(18)19;;/h2-8H,1H3,(H4,18,19,20,22);2*1H. The van der Waals surface area contributed by atoms with Gasteiger partial charge in [-0.15, -0.1) is 35.0 Å². The predicted molar refractivity (Wildman–Crippen MR) is 112 cm³/mol. The van der Waals surface area contributed by atoms with Crippen LogP contribution in [0.25, 0.3) is 22.0 Å². The summed E-state index contributed by atoms with van der Waals surface area (Å²) in [5.41, 5.74) is 8.47. The number of anilines is 1. The van der Waals surface area contributed by atoms with Crippen LogP contribution in [-0.4, -0.2) is 16.2 Å². The minimum absolute atomic E-state index is 0. The van der Waals surface area contributed by atoms with Crippen LogP contribution in [-0.2, 0) is 0 Å². The quantitative estimate of drug-likeness (QED) is 0.292. The third-order valence-electron chi connectivity index (χ3n) is 3.41. The van der Waals surface area contributed by atoms with Crippen molar-refractivity contribution in [1.29, 1.82) is 5.41 Å². The average molecular weight is 476 g/mol. The zero-order valence-corrected chi connectivity index (χ0v) is 16.5. The maximum absolute atomic E-state index is 7.43. The Morgan fingerprint density at radius 3 is 2.46 bits per heavy atom. The Balaban J connectivity index is 0.00000144. The predicted octanol–water partition coefficient (Wildman–Crippen LogP) is 4.36. The van der Waals surface area contributed by atoms with Gasteiger partial charge in [0.15, 0.2) is 11.8 Å². The molecule has 3 aromatic rings. The normalized spacial score (nSPS) is 9.75. The summed E-state index contributed by atoms with van der Waals surface area (Å²) < 4.78 is 1.03. The minimum Gasteiger partial charge on any atom is -0.370 e. The number of nitrogens with two attached hydrogens (primary N) is 1. The van der Waals surface area contributed by atoms with Gasteiger partial charge >= 0.3 is 0 Å². The number of hydrogen-bond donors (Lipinski definition) is 3. The average Bonchev–Trinajstić information content (AvgIpc) is 2.48. The number of nitrogens with zero attached hydrogens (tertiary/aromatic N) is 2. The second-order valence-corrected chi connectivity index (χ2v) is 6.08. The monoisotopic (exact) mass is 475 g/mol. The molecule has 4 N–H and O–H groups in total. The Morgan fingerprint density at radius 1 is 1.08 bits per heavy atom. The van der Waals surface area contributed by atoms with Crippen LogP contribution in [0.1, 0.15) is 5.56 Å². The Hall–Kier alpha value is -1.64. The van der Waals surface area contributed by atoms with E-state index in [1.807, 2.05) is 36.4 Å². The van der Waals surface area contributed by atoms with Crippen LogP contribution in [0, 0.1) is 15.9 Å². The third-order valence-corrected chi connectivity index (χ3v) is 4.31. The highest BCUT2D eigenvalue weighted by Gasteiger charge is 2.14. The van der Waals surface area contributed by atoms with Crippen molar-refractivity contribution in [3.63, 3.8) is 0 Å². The summed E-state index contributed by atoms with van der Waals surface area (Å²) in [4.78, 5) is 0. The molecule has 0 saturated heterocycles. The first kappa shape index (κ1) is 20.4. The molecule has 0 spiro atoms. The van der Waals surface area contributed by atoms with Crippen molar-refractivity contribution in [2.45, 2.75) is 6.92 Å². The number of guanidine groups is 1. The lowest BCUT2D eigenvalue weighted by Gasteiger charge is -2.12. The number of benzene rings is 2. The van der Waals surface area contributed by atoms with Gasteiger partial charge in [0.05, 0.1) is 0 Å². The molecule has 0 radical (unpaired) electrons. The van der Waals surface area contributed by atoms with E-state index in [1.165, 1.54) is 0 Å².